The van der Waals surface area contributed by atoms with Crippen molar-refractivity contribution in [2.24, 2.45) is 0 Å². The third-order valence-corrected chi connectivity index (χ3v) is 23.7. The molecule has 0 amide bonds. The Bertz CT molecular complexity index is 2580. The number of halogens is 1. The first kappa shape index (κ1) is 57.6. The maximum Gasteiger partial charge on any atom is 0.102 e. The summed E-state index contributed by atoms with van der Waals surface area (Å²) in [6, 6.07) is 130. The molecule has 0 bridgehead atoms. The molecule has 0 aliphatic rings. The predicted molar refractivity (Wildman–Crippen MR) is 352 cm³/mol. The second-order valence-corrected chi connectivity index (χ2v) is 27.8. The Kier molecular flexibility index (Phi) is 24.3. The minimum Gasteiger partial charge on any atom is -0.0620 e. The van der Waals surface area contributed by atoms with Crippen molar-refractivity contribution in [2.45, 2.75) is 0 Å². The molecule has 78 heavy (non-hydrogen) atoms. The molecular weight excluding hydrogens is 1220 g/mol. The molecule has 0 spiro atoms. The molecule has 0 atom stereocenters. The summed E-state index contributed by atoms with van der Waals surface area (Å²) in [6.45, 7) is 0. The van der Waals surface area contributed by atoms with Crippen molar-refractivity contribution in [1.82, 2.24) is 0 Å². The van der Waals surface area contributed by atoms with Crippen LogP contribution in [-0.2, 0) is 20.0 Å². The second kappa shape index (κ2) is 33.0. The van der Waals surface area contributed by atoms with E-state index >= 15 is 0 Å². The van der Waals surface area contributed by atoms with Crippen LogP contribution in [0.5, 0.6) is 0 Å². The normalized spacial score (nSPS) is 10.4. The first-order valence-corrected chi connectivity index (χ1v) is 34.7. The van der Waals surface area contributed by atoms with E-state index in [1.807, 2.05) is 0 Å². The summed E-state index contributed by atoms with van der Waals surface area (Å²) in [5.74, 6) is 0. The monoisotopic (exact) mass is 1280 g/mol. The molecular formula is C72H64AuClP4+4. The topological polar surface area (TPSA) is 0 Å². The quantitative estimate of drug-likeness (QED) is 0.0845. The fourth-order valence-electron chi connectivity index (χ4n) is 9.26. The van der Waals surface area contributed by atoms with Gasteiger partial charge in [-0.2, -0.15) is 0 Å². The molecule has 12 aromatic rings. The number of benzene rings is 12. The molecule has 0 unspecified atom stereocenters. The SMILES string of the molecule is [Cl][Au].c1ccc([PH+](c2ccccc2)c2ccccc2)cc1.c1ccc([PH+](c2ccccc2)c2ccccc2)cc1.c1ccc([PH+](c2ccccc2)c2ccccc2)cc1.c1ccc([PH+](c2ccccc2)c2ccccc2)cc1. The largest absolute Gasteiger partial charge is 0.102 e. The summed E-state index contributed by atoms with van der Waals surface area (Å²) in [5.41, 5.74) is 0. The van der Waals surface area contributed by atoms with Gasteiger partial charge in [0, 0.05) is 0 Å². The van der Waals surface area contributed by atoms with Gasteiger partial charge in [0.2, 0.25) is 0 Å². The van der Waals surface area contributed by atoms with Gasteiger partial charge >= 0.3 is 29.2 Å². The fraction of sp³-hybridized carbons (Fsp3) is 0. The first-order valence-electron chi connectivity index (χ1n) is 26.0. The van der Waals surface area contributed by atoms with Crippen molar-refractivity contribution in [3.8, 4) is 0 Å². The zero-order valence-electron chi connectivity index (χ0n) is 43.3. The van der Waals surface area contributed by atoms with E-state index in [1.165, 1.54) is 63.7 Å². The summed E-state index contributed by atoms with van der Waals surface area (Å²) in [6.07, 6.45) is 0. The van der Waals surface area contributed by atoms with Gasteiger partial charge in [0.15, 0.2) is 0 Å². The molecule has 12 aromatic carbocycles. The Hall–Kier alpha value is -6.61. The van der Waals surface area contributed by atoms with Gasteiger partial charge in [-0.25, -0.2) is 0 Å². The van der Waals surface area contributed by atoms with Gasteiger partial charge in [0.05, 0.1) is 31.7 Å². The van der Waals surface area contributed by atoms with Crippen LogP contribution in [0.3, 0.4) is 0 Å². The van der Waals surface area contributed by atoms with Gasteiger partial charge in [-0.15, -0.1) is 0 Å². The van der Waals surface area contributed by atoms with E-state index in [9.17, 15) is 0 Å². The second-order valence-electron chi connectivity index (χ2n) is 17.9. The minimum atomic E-state index is -0.877. The van der Waals surface area contributed by atoms with Crippen LogP contribution >= 0.6 is 40.9 Å². The van der Waals surface area contributed by atoms with E-state index < -0.39 is 31.7 Å². The summed E-state index contributed by atoms with van der Waals surface area (Å²) in [4.78, 5) is 0. The summed E-state index contributed by atoms with van der Waals surface area (Å²) in [7, 11) is 1.07. The van der Waals surface area contributed by atoms with E-state index in [1.54, 1.807) is 20.0 Å². The zero-order valence-corrected chi connectivity index (χ0v) is 50.2. The molecule has 386 valence electrons. The summed E-state index contributed by atoms with van der Waals surface area (Å²) < 4.78 is 0. The third-order valence-electron chi connectivity index (χ3n) is 12.7. The molecule has 0 nitrogen and oxygen atoms in total. The zero-order chi connectivity index (χ0) is 53.7. The molecule has 0 aromatic heterocycles. The van der Waals surface area contributed by atoms with Crippen molar-refractivity contribution in [3.05, 3.63) is 364 Å². The van der Waals surface area contributed by atoms with Gasteiger partial charge in [0.25, 0.3) is 0 Å². The van der Waals surface area contributed by atoms with Gasteiger partial charge in [-0.1, -0.05) is 218 Å². The van der Waals surface area contributed by atoms with Crippen LogP contribution in [-0.4, -0.2) is 0 Å². The van der Waals surface area contributed by atoms with Gasteiger partial charge in [0.1, 0.15) is 63.7 Å². The molecule has 0 N–H and O–H groups in total. The summed E-state index contributed by atoms with van der Waals surface area (Å²) in [5, 5.41) is 17.2. The summed E-state index contributed by atoms with van der Waals surface area (Å²) >= 11 is 1.75. The number of hydrogen-bond acceptors (Lipinski definition) is 0. The Morgan fingerprint density at radius 3 is 0.256 bits per heavy atom. The first-order chi connectivity index (χ1) is 38.8. The average Bonchev–Trinajstić information content (AvgIpc) is 3.55. The molecule has 0 radical (unpaired) electrons. The average molecular weight is 1290 g/mol. The van der Waals surface area contributed by atoms with Crippen LogP contribution in [0.4, 0.5) is 0 Å². The molecule has 0 heterocycles. The van der Waals surface area contributed by atoms with Crippen LogP contribution in [0, 0.1) is 0 Å². The van der Waals surface area contributed by atoms with Crippen molar-refractivity contribution < 1.29 is 20.0 Å². The molecule has 6 heteroatoms. The van der Waals surface area contributed by atoms with E-state index in [0.717, 1.165) is 0 Å². The fourth-order valence-corrected chi connectivity index (χ4v) is 19.6. The standard InChI is InChI=1S/4C18H15P.Au.ClH/c4*1-4-10-16(11-5-1)19(17-12-6-2-7-13-17)18-14-8-3-9-15-18;;/h4*1-15H;;1H/q;;;;+1;/p+3. The van der Waals surface area contributed by atoms with Crippen LogP contribution in [0.1, 0.15) is 0 Å². The Morgan fingerprint density at radius 2 is 0.192 bits per heavy atom. The van der Waals surface area contributed by atoms with Gasteiger partial charge < -0.3 is 0 Å². The molecule has 0 fully saturated rings. The van der Waals surface area contributed by atoms with Crippen molar-refractivity contribution in [2.75, 3.05) is 0 Å². The molecule has 0 saturated heterocycles. The third kappa shape index (κ3) is 17.2. The predicted octanol–water partition coefficient (Wildman–Crippen LogP) is 13.4. The van der Waals surface area contributed by atoms with Crippen LogP contribution in [0.15, 0.2) is 364 Å². The molecule has 0 saturated carbocycles. The van der Waals surface area contributed by atoms with Crippen LogP contribution < -0.4 is 63.7 Å². The molecule has 12 rings (SSSR count). The Labute approximate surface area is 484 Å². The number of rotatable bonds is 12. The minimum absolute atomic E-state index is 0.877. The maximum atomic E-state index is 4.58. The van der Waals surface area contributed by atoms with Crippen molar-refractivity contribution >= 4 is 105 Å². The van der Waals surface area contributed by atoms with Gasteiger partial charge in [-0.05, 0) is 146 Å². The van der Waals surface area contributed by atoms with Crippen LogP contribution in [0.2, 0.25) is 0 Å². The Balaban J connectivity index is 0.000000136. The van der Waals surface area contributed by atoms with E-state index in [-0.39, 0.29) is 0 Å². The maximum absolute atomic E-state index is 4.58. The smallest absolute Gasteiger partial charge is 0.0620 e. The van der Waals surface area contributed by atoms with Gasteiger partial charge in [-0.3, -0.25) is 0 Å². The molecule has 0 aliphatic carbocycles. The van der Waals surface area contributed by atoms with Crippen molar-refractivity contribution in [1.29, 1.82) is 0 Å². The molecule has 0 aliphatic heterocycles. The van der Waals surface area contributed by atoms with Crippen molar-refractivity contribution in [3.63, 3.8) is 0 Å². The Morgan fingerprint density at radius 1 is 0.128 bits per heavy atom. The van der Waals surface area contributed by atoms with E-state index in [2.05, 4.69) is 373 Å². The van der Waals surface area contributed by atoms with E-state index in [0.29, 0.717) is 0 Å². The van der Waals surface area contributed by atoms with Crippen LogP contribution in [0.25, 0.3) is 0 Å². The number of hydrogen-bond donors (Lipinski definition) is 0. The van der Waals surface area contributed by atoms with E-state index in [4.69, 9.17) is 0 Å².